The predicted molar refractivity (Wildman–Crippen MR) is 174 cm³/mol. The van der Waals surface area contributed by atoms with Gasteiger partial charge in [0.1, 0.15) is 11.5 Å². The fourth-order valence-corrected chi connectivity index (χ4v) is 6.51. The third kappa shape index (κ3) is 10.6. The van der Waals surface area contributed by atoms with Crippen LogP contribution in [0.3, 0.4) is 0 Å². The first kappa shape index (κ1) is 36.6. The number of hydrogen-bond donors (Lipinski definition) is 0. The molecule has 0 aliphatic heterocycles. The van der Waals surface area contributed by atoms with E-state index in [1.807, 2.05) is 36.4 Å². The van der Waals surface area contributed by atoms with Crippen LogP contribution in [0.25, 0.3) is 0 Å². The normalized spacial score (nSPS) is 10.5. The van der Waals surface area contributed by atoms with Gasteiger partial charge in [-0.2, -0.15) is 0 Å². The molecule has 6 rings (SSSR count). The van der Waals surface area contributed by atoms with Crippen LogP contribution in [0.5, 0.6) is 17.2 Å². The molecule has 10 heteroatoms. The summed E-state index contributed by atoms with van der Waals surface area (Å²) in [7, 11) is -6.90. The molecule has 6 aromatic carbocycles. The molecule has 228 valence electrons. The van der Waals surface area contributed by atoms with E-state index in [9.17, 15) is 21.9 Å². The van der Waals surface area contributed by atoms with E-state index in [0.29, 0.717) is 16.5 Å². The van der Waals surface area contributed by atoms with E-state index in [0.717, 1.165) is 0 Å². The molecule has 46 heavy (non-hydrogen) atoms. The van der Waals surface area contributed by atoms with E-state index in [4.69, 9.17) is 16.3 Å². The van der Waals surface area contributed by atoms with E-state index in [1.54, 1.807) is 109 Å². The van der Waals surface area contributed by atoms with Gasteiger partial charge in [0, 0.05) is 5.02 Å². The smallest absolute Gasteiger partial charge is 0.872 e. The Kier molecular flexibility index (Phi) is 14.1. The Labute approximate surface area is 297 Å². The second-order valence-electron chi connectivity index (χ2n) is 9.29. The largest absolute Gasteiger partial charge is 1.00 e. The van der Waals surface area contributed by atoms with Gasteiger partial charge in [0.15, 0.2) is 0 Å². The molecule has 6 aromatic rings. The second-order valence-corrected chi connectivity index (χ2v) is 13.6. The van der Waals surface area contributed by atoms with Crippen molar-refractivity contribution in [2.24, 2.45) is 0 Å². The predicted octanol–water partition coefficient (Wildman–Crippen LogP) is 5.25. The number of benzene rings is 6. The van der Waals surface area contributed by atoms with Crippen LogP contribution >= 0.6 is 11.6 Å². The summed E-state index contributed by atoms with van der Waals surface area (Å²) in [5.74, 6) is 1.38. The average Bonchev–Trinajstić information content (AvgIpc) is 3.07. The number of halogens is 1. The molecule has 0 radical (unpaired) electrons. The Bertz CT molecular complexity index is 1980. The summed E-state index contributed by atoms with van der Waals surface area (Å²) < 4.78 is 54.8. The summed E-state index contributed by atoms with van der Waals surface area (Å²) >= 11 is 5.71. The minimum atomic E-state index is -3.48. The first-order valence-corrected chi connectivity index (χ1v) is 16.9. The van der Waals surface area contributed by atoms with Gasteiger partial charge in [-0.15, -0.1) is 5.75 Å². The molecule has 0 aliphatic carbocycles. The molecular formula is C36H28ClNaO6S2. The number of sulfone groups is 2. The Morgan fingerprint density at radius 2 is 0.717 bits per heavy atom. The van der Waals surface area contributed by atoms with Gasteiger partial charge in [-0.3, -0.25) is 0 Å². The quantitative estimate of drug-likeness (QED) is 0.223. The maximum Gasteiger partial charge on any atom is 1.00 e. The van der Waals surface area contributed by atoms with Gasteiger partial charge in [0.05, 0.1) is 19.6 Å². The maximum absolute atomic E-state index is 12.5. The maximum atomic E-state index is 12.5. The zero-order valence-corrected chi connectivity index (χ0v) is 29.2. The van der Waals surface area contributed by atoms with E-state index in [-0.39, 0.29) is 54.9 Å². The molecular weight excluding hydrogens is 651 g/mol. The first-order valence-electron chi connectivity index (χ1n) is 13.6. The molecule has 6 nitrogen and oxygen atoms in total. The molecule has 0 saturated heterocycles. The minimum Gasteiger partial charge on any atom is -0.872 e. The molecule has 0 saturated carbocycles. The van der Waals surface area contributed by atoms with Crippen molar-refractivity contribution in [1.82, 2.24) is 0 Å². The number of rotatable bonds is 6. The zero-order valence-electron chi connectivity index (χ0n) is 24.8. The van der Waals surface area contributed by atoms with Gasteiger partial charge in [0.2, 0.25) is 19.7 Å². The van der Waals surface area contributed by atoms with Crippen LogP contribution in [0.2, 0.25) is 5.02 Å². The molecule has 0 unspecified atom stereocenters. The van der Waals surface area contributed by atoms with Crippen molar-refractivity contribution >= 4 is 31.3 Å². The summed E-state index contributed by atoms with van der Waals surface area (Å²) in [6, 6.07) is 46.9. The van der Waals surface area contributed by atoms with Gasteiger partial charge < -0.3 is 9.84 Å². The van der Waals surface area contributed by atoms with Gasteiger partial charge in [-0.25, -0.2) is 16.8 Å². The van der Waals surface area contributed by atoms with Crippen LogP contribution in [-0.2, 0) is 19.7 Å². The van der Waals surface area contributed by atoms with Crippen molar-refractivity contribution in [3.8, 4) is 17.2 Å². The van der Waals surface area contributed by atoms with Crippen LogP contribution < -0.4 is 39.4 Å². The summed E-state index contributed by atoms with van der Waals surface area (Å²) in [5, 5.41) is 10.8. The SMILES string of the molecule is O=S(=O)(c1ccccc1)c1ccc(Cl)cc1.O=S(=O)(c1ccccc1)c1ccc(Oc2ccccc2)cc1.[Na+].[O-]c1ccccc1. The van der Waals surface area contributed by atoms with Crippen molar-refractivity contribution in [1.29, 1.82) is 0 Å². The van der Waals surface area contributed by atoms with E-state index >= 15 is 0 Å². The molecule has 0 atom stereocenters. The fraction of sp³-hybridized carbons (Fsp3) is 0. The van der Waals surface area contributed by atoms with Gasteiger partial charge in [-0.1, -0.05) is 96.5 Å². The molecule has 0 fully saturated rings. The van der Waals surface area contributed by atoms with Crippen LogP contribution in [0, 0.1) is 0 Å². The monoisotopic (exact) mass is 678 g/mol. The van der Waals surface area contributed by atoms with E-state index in [1.165, 1.54) is 24.3 Å². The number of hydrogen-bond acceptors (Lipinski definition) is 6. The molecule has 0 aromatic heterocycles. The topological polar surface area (TPSA) is 101 Å². The summed E-state index contributed by atoms with van der Waals surface area (Å²) in [4.78, 5) is 1.08. The Morgan fingerprint density at radius 1 is 0.413 bits per heavy atom. The third-order valence-electron chi connectivity index (χ3n) is 6.09. The van der Waals surface area contributed by atoms with Crippen molar-refractivity contribution < 1.29 is 56.2 Å². The fourth-order valence-electron chi connectivity index (χ4n) is 3.82. The van der Waals surface area contributed by atoms with Crippen molar-refractivity contribution in [3.63, 3.8) is 0 Å². The van der Waals surface area contributed by atoms with Crippen LogP contribution in [0.15, 0.2) is 189 Å². The van der Waals surface area contributed by atoms with Crippen molar-refractivity contribution in [3.05, 3.63) is 175 Å². The Balaban J connectivity index is 0.000000210. The van der Waals surface area contributed by atoms with Crippen molar-refractivity contribution in [2.75, 3.05) is 0 Å². The summed E-state index contributed by atoms with van der Waals surface area (Å²) in [6.07, 6.45) is 0. The molecule has 0 bridgehead atoms. The number of ether oxygens (including phenoxy) is 1. The van der Waals surface area contributed by atoms with Crippen LogP contribution in [-0.4, -0.2) is 16.8 Å². The van der Waals surface area contributed by atoms with Crippen molar-refractivity contribution in [2.45, 2.75) is 19.6 Å². The van der Waals surface area contributed by atoms with Gasteiger partial charge in [0.25, 0.3) is 0 Å². The molecule has 0 amide bonds. The first-order chi connectivity index (χ1) is 21.7. The van der Waals surface area contributed by atoms with E-state index < -0.39 is 19.7 Å². The molecule has 0 N–H and O–H groups in total. The summed E-state index contributed by atoms with van der Waals surface area (Å²) in [5.41, 5.74) is 0. The summed E-state index contributed by atoms with van der Waals surface area (Å²) in [6.45, 7) is 0. The number of para-hydroxylation sites is 2. The molecule has 0 spiro atoms. The van der Waals surface area contributed by atoms with Gasteiger partial charge >= 0.3 is 29.6 Å². The Hall–Kier alpha value is -3.89. The standard InChI is InChI=1S/C18H14O3S.C12H9ClO2S.C6H6O.Na/c19-22(20,17-9-5-2-6-10-17)18-13-11-16(12-14-18)21-15-7-3-1-4-8-15;13-10-6-8-12(9-7-10)16(14,15)11-4-2-1-3-5-11;7-6-4-2-1-3-5-6;/h1-14H;1-9H;1-5,7H;/q;;;+1/p-1. The minimum absolute atomic E-state index is 0. The second kappa shape index (κ2) is 17.7. The van der Waals surface area contributed by atoms with Crippen LogP contribution in [0.1, 0.15) is 0 Å². The average molecular weight is 679 g/mol. The van der Waals surface area contributed by atoms with Crippen LogP contribution in [0.4, 0.5) is 0 Å². The molecule has 0 aliphatic rings. The molecule has 0 heterocycles. The van der Waals surface area contributed by atoms with E-state index in [2.05, 4.69) is 0 Å². The van der Waals surface area contributed by atoms with Gasteiger partial charge in [-0.05, 0) is 84.9 Å². The zero-order chi connectivity index (χ0) is 32.1. The third-order valence-corrected chi connectivity index (χ3v) is 9.91. The Morgan fingerprint density at radius 3 is 1.09 bits per heavy atom.